The first-order valence-corrected chi connectivity index (χ1v) is 25.8. The second-order valence-electron chi connectivity index (χ2n) is 18.9. The molecule has 0 radical (unpaired) electrons. The van der Waals surface area contributed by atoms with Crippen LogP contribution >= 0.6 is 0 Å². The van der Waals surface area contributed by atoms with Crippen LogP contribution in [0.25, 0.3) is 0 Å². The molecular formula is C52H62N2O13Si. The van der Waals surface area contributed by atoms with Gasteiger partial charge in [-0.15, -0.1) is 6.42 Å². The monoisotopic (exact) mass is 950 g/mol. The van der Waals surface area contributed by atoms with Gasteiger partial charge in [-0.25, -0.2) is 19.0 Å². The number of benzene rings is 3. The van der Waals surface area contributed by atoms with Gasteiger partial charge in [0.25, 0.3) is 5.56 Å². The summed E-state index contributed by atoms with van der Waals surface area (Å²) >= 11 is 0. The van der Waals surface area contributed by atoms with Crippen molar-refractivity contribution in [1.82, 2.24) is 9.13 Å². The predicted molar refractivity (Wildman–Crippen MR) is 252 cm³/mol. The molecule has 4 aliphatic rings. The summed E-state index contributed by atoms with van der Waals surface area (Å²) in [7, 11) is -2.53. The Morgan fingerprint density at radius 2 is 1.32 bits per heavy atom. The maximum atomic E-state index is 14.2. The highest BCUT2D eigenvalue weighted by atomic mass is 28.4. The summed E-state index contributed by atoms with van der Waals surface area (Å²) in [4.78, 5) is 55.3. The van der Waals surface area contributed by atoms with Gasteiger partial charge in [-0.2, -0.15) is 0 Å². The van der Waals surface area contributed by atoms with Gasteiger partial charge in [0.05, 0.1) is 24.3 Å². The fraction of sp³-hybridized carbons (Fsp3) is 0.500. The minimum atomic E-state index is -2.53. The molecule has 3 aromatic carbocycles. The molecule has 1 saturated carbocycles. The van der Waals surface area contributed by atoms with E-state index in [0.29, 0.717) is 12.8 Å². The van der Waals surface area contributed by atoms with E-state index in [0.717, 1.165) is 23.0 Å². The van der Waals surface area contributed by atoms with E-state index in [1.54, 1.807) is 60.7 Å². The third kappa shape index (κ3) is 10.1. The Morgan fingerprint density at radius 3 is 1.90 bits per heavy atom. The Kier molecular flexibility index (Phi) is 15.3. The van der Waals surface area contributed by atoms with Gasteiger partial charge in [-0.1, -0.05) is 114 Å². The number of rotatable bonds is 18. The van der Waals surface area contributed by atoms with Gasteiger partial charge in [0.2, 0.25) is 6.29 Å². The van der Waals surface area contributed by atoms with Crippen molar-refractivity contribution >= 4 is 20.3 Å². The summed E-state index contributed by atoms with van der Waals surface area (Å²) in [5.41, 5.74) is 0.793. The van der Waals surface area contributed by atoms with Gasteiger partial charge in [0.1, 0.15) is 37.3 Å². The smallest absolute Gasteiger partial charge is 0.338 e. The number of fused-ring (bicyclic) bond motifs is 1. The first-order chi connectivity index (χ1) is 32.7. The molecule has 362 valence electrons. The molecule has 9 atom stereocenters. The van der Waals surface area contributed by atoms with Crippen LogP contribution in [0, 0.1) is 12.3 Å². The Hall–Kier alpha value is -5.22. The first kappa shape index (κ1) is 49.2. The third-order valence-electron chi connectivity index (χ3n) is 13.7. The quantitative estimate of drug-likeness (QED) is 0.0548. The summed E-state index contributed by atoms with van der Waals surface area (Å²) in [6, 6.07) is 27.6. The maximum Gasteiger partial charge on any atom is 0.338 e. The van der Waals surface area contributed by atoms with Gasteiger partial charge in [-0.05, 0) is 59.3 Å². The molecule has 16 heteroatoms. The molecule has 15 nitrogen and oxygen atoms in total. The largest absolute Gasteiger partial charge is 0.452 e. The second-order valence-corrected chi connectivity index (χ2v) is 24.3. The van der Waals surface area contributed by atoms with E-state index in [9.17, 15) is 19.2 Å². The number of aromatic nitrogens is 2. The summed E-state index contributed by atoms with van der Waals surface area (Å²) in [6.07, 6.45) is 0.492. The summed E-state index contributed by atoms with van der Waals surface area (Å²) in [6.45, 7) is 12.8. The van der Waals surface area contributed by atoms with Crippen molar-refractivity contribution in [3.05, 3.63) is 141 Å². The molecule has 4 aromatic rings. The summed E-state index contributed by atoms with van der Waals surface area (Å²) in [5, 5.41) is 0. The molecule has 0 unspecified atom stereocenters. The molecular weight excluding hydrogens is 889 g/mol. The molecule has 3 aliphatic heterocycles. The second kappa shape index (κ2) is 21.2. The van der Waals surface area contributed by atoms with Crippen LogP contribution in [0.4, 0.5) is 0 Å². The van der Waals surface area contributed by atoms with Crippen molar-refractivity contribution in [2.75, 3.05) is 6.61 Å². The molecule has 0 bridgehead atoms. The van der Waals surface area contributed by atoms with Crippen LogP contribution in [0.5, 0.6) is 0 Å². The fourth-order valence-electron chi connectivity index (χ4n) is 10.6. The van der Waals surface area contributed by atoms with Crippen LogP contribution in [-0.4, -0.2) is 90.8 Å². The molecule has 4 heterocycles. The number of nitrogens with zero attached hydrogens (tertiary/aromatic N) is 2. The van der Waals surface area contributed by atoms with Gasteiger partial charge >= 0.3 is 17.6 Å². The number of hydrogen-bond acceptors (Lipinski definition) is 13. The summed E-state index contributed by atoms with van der Waals surface area (Å²) < 4.78 is 61.3. The van der Waals surface area contributed by atoms with E-state index in [1.165, 1.54) is 16.8 Å². The Bertz CT molecular complexity index is 2480. The number of carbonyl (C=O) groups excluding carboxylic acids is 2. The van der Waals surface area contributed by atoms with E-state index in [-0.39, 0.29) is 47.7 Å². The minimum absolute atomic E-state index is 0.00662. The van der Waals surface area contributed by atoms with Crippen LogP contribution in [0.2, 0.25) is 16.6 Å². The Balaban J connectivity index is 1.12. The maximum absolute atomic E-state index is 14.2. The van der Waals surface area contributed by atoms with Crippen LogP contribution in [-0.2, 0) is 55.7 Å². The van der Waals surface area contributed by atoms with E-state index in [2.05, 4.69) is 47.5 Å². The standard InChI is InChI=1S/C52H62N2O13Si/c1-8-39(42-44-45(67-52(66-44)27-18-19-28-52)47(63-42)53-29-26-41(55)54(51(53)58)32-59-30-36-20-12-9-13-21-36)61-50-46(65-49(57)38-24-16-11-17-25-38)43(64-48(56)37-22-14-10-15-23-37)40(62-50)31-60-68(33(2)3,34(4)5)35(6)7/h1,9-17,20-26,29,33-35,39-40,42-47,50H,18-19,27-28,30-32H2,2-7H3/t39-,40+,42+,43+,44+,45+,46+,47+,50+/m0/s1. The Labute approximate surface area is 398 Å². The lowest BCUT2D eigenvalue weighted by Gasteiger charge is -2.42. The van der Waals surface area contributed by atoms with E-state index < -0.39 is 92.5 Å². The molecule has 0 amide bonds. The normalized spacial score (nSPS) is 25.8. The highest BCUT2D eigenvalue weighted by Gasteiger charge is 2.62. The highest BCUT2D eigenvalue weighted by molar-refractivity contribution is 6.77. The van der Waals surface area contributed by atoms with Crippen LogP contribution < -0.4 is 11.2 Å². The van der Waals surface area contributed by atoms with Gasteiger partial charge in [0.15, 0.2) is 32.5 Å². The molecule has 68 heavy (non-hydrogen) atoms. The van der Waals surface area contributed by atoms with Crippen molar-refractivity contribution in [1.29, 1.82) is 0 Å². The van der Waals surface area contributed by atoms with E-state index >= 15 is 0 Å². The van der Waals surface area contributed by atoms with E-state index in [4.69, 9.17) is 48.7 Å². The molecule has 1 aromatic heterocycles. The van der Waals surface area contributed by atoms with Crippen molar-refractivity contribution in [3.63, 3.8) is 0 Å². The number of hydrogen-bond donors (Lipinski definition) is 0. The molecule has 8 rings (SSSR count). The SMILES string of the molecule is C#C[C@H](O[C@@H]1O[C@H](CO[Si](C(C)C)(C(C)C)C(C)C)[C@@H](OC(=O)c2ccccc2)[C@H]1OC(=O)c1ccccc1)[C@H]1O[C@@H](n2ccc(=O)n(COCc3ccccc3)c2=O)[C@@H]2OC3(CCCC3)O[C@@H]21. The molecule has 1 spiro atoms. The van der Waals surface area contributed by atoms with Gasteiger partial charge < -0.3 is 42.3 Å². The topological polar surface area (TPSA) is 161 Å². The number of ether oxygens (including phenoxy) is 8. The lowest BCUT2D eigenvalue weighted by molar-refractivity contribution is -0.241. The zero-order chi connectivity index (χ0) is 48.2. The average Bonchev–Trinajstić information content (AvgIpc) is 4.11. The van der Waals surface area contributed by atoms with Crippen LogP contribution in [0.1, 0.15) is 99.7 Å². The zero-order valence-corrected chi connectivity index (χ0v) is 40.5. The van der Waals surface area contributed by atoms with Gasteiger partial charge in [-0.3, -0.25) is 9.36 Å². The molecule has 3 saturated heterocycles. The minimum Gasteiger partial charge on any atom is -0.452 e. The lowest BCUT2D eigenvalue weighted by atomic mass is 10.1. The van der Waals surface area contributed by atoms with Crippen molar-refractivity contribution in [2.24, 2.45) is 0 Å². The predicted octanol–water partition coefficient (Wildman–Crippen LogP) is 7.52. The highest BCUT2D eigenvalue weighted by Crippen LogP contribution is 2.50. The average molecular weight is 951 g/mol. The van der Waals surface area contributed by atoms with Crippen molar-refractivity contribution < 1.29 is 51.9 Å². The molecule has 4 fully saturated rings. The summed E-state index contributed by atoms with van der Waals surface area (Å²) in [5.74, 6) is 0.384. The fourth-order valence-corrected chi connectivity index (χ4v) is 16.0. The van der Waals surface area contributed by atoms with Gasteiger partial charge in [0, 0.05) is 25.1 Å². The third-order valence-corrected chi connectivity index (χ3v) is 19.8. The van der Waals surface area contributed by atoms with Crippen molar-refractivity contribution in [3.8, 4) is 12.3 Å². The number of terminal acetylenes is 1. The molecule has 1 aliphatic carbocycles. The lowest BCUT2D eigenvalue weighted by Crippen LogP contribution is -2.50. The zero-order valence-electron chi connectivity index (χ0n) is 39.5. The Morgan fingerprint density at radius 1 is 0.765 bits per heavy atom. The number of esters is 2. The molecule has 0 N–H and O–H groups in total. The number of carbonyl (C=O) groups is 2. The van der Waals surface area contributed by atoms with Crippen LogP contribution in [0.15, 0.2) is 113 Å². The van der Waals surface area contributed by atoms with E-state index in [1.807, 2.05) is 30.3 Å². The van der Waals surface area contributed by atoms with Crippen molar-refractivity contribution in [2.45, 2.75) is 158 Å². The first-order valence-electron chi connectivity index (χ1n) is 23.6. The van der Waals surface area contributed by atoms with Crippen LogP contribution in [0.3, 0.4) is 0 Å².